The van der Waals surface area contributed by atoms with Crippen molar-refractivity contribution in [3.8, 4) is 0 Å². The van der Waals surface area contributed by atoms with Gasteiger partial charge in [-0.25, -0.2) is 9.78 Å². The maximum absolute atomic E-state index is 11.7. The highest BCUT2D eigenvalue weighted by atomic mass is 16.5. The van der Waals surface area contributed by atoms with Gasteiger partial charge in [-0.1, -0.05) is 0 Å². The molecule has 3 rings (SSSR count). The predicted molar refractivity (Wildman–Crippen MR) is 69.3 cm³/mol. The molecule has 0 aromatic carbocycles. The van der Waals surface area contributed by atoms with Crippen LogP contribution in [0.5, 0.6) is 0 Å². The van der Waals surface area contributed by atoms with Gasteiger partial charge in [-0.05, 0) is 19.8 Å². The highest BCUT2D eigenvalue weighted by Gasteiger charge is 2.32. The summed E-state index contributed by atoms with van der Waals surface area (Å²) in [5.74, 6) is 0.934. The maximum atomic E-state index is 11.7. The Bertz CT molecular complexity index is 466. The molecule has 0 amide bonds. The van der Waals surface area contributed by atoms with Gasteiger partial charge in [0.1, 0.15) is 0 Å². The van der Waals surface area contributed by atoms with Gasteiger partial charge >= 0.3 is 5.97 Å². The van der Waals surface area contributed by atoms with Gasteiger partial charge in [-0.2, -0.15) is 0 Å². The zero-order valence-corrected chi connectivity index (χ0v) is 11.1. The molecule has 2 atom stereocenters. The molecule has 1 aromatic heterocycles. The molecule has 0 spiro atoms. The van der Waals surface area contributed by atoms with Crippen molar-refractivity contribution < 1.29 is 14.3 Å². The Morgan fingerprint density at radius 1 is 1.63 bits per heavy atom. The third-order valence-electron chi connectivity index (χ3n) is 3.81. The Morgan fingerprint density at radius 3 is 3.26 bits per heavy atom. The van der Waals surface area contributed by atoms with Crippen molar-refractivity contribution in [2.45, 2.75) is 25.8 Å². The second kappa shape index (κ2) is 5.21. The molecule has 104 valence electrons. The quantitative estimate of drug-likeness (QED) is 0.838. The molecule has 1 fully saturated rings. The normalized spacial score (nSPS) is 25.7. The van der Waals surface area contributed by atoms with Crippen molar-refractivity contribution in [1.29, 1.82) is 0 Å². The van der Waals surface area contributed by atoms with E-state index in [0.717, 1.165) is 38.5 Å². The topological polar surface area (TPSA) is 65.4 Å². The lowest BCUT2D eigenvalue weighted by Gasteiger charge is -2.29. The first-order valence-corrected chi connectivity index (χ1v) is 6.87. The summed E-state index contributed by atoms with van der Waals surface area (Å²) in [5, 5.41) is 3.24. The van der Waals surface area contributed by atoms with Crippen LogP contribution in [0, 0.1) is 5.92 Å². The molecule has 0 radical (unpaired) electrons. The van der Waals surface area contributed by atoms with Crippen molar-refractivity contribution >= 4 is 11.9 Å². The Kier molecular flexibility index (Phi) is 3.42. The number of ether oxygens (including phenoxy) is 2. The molecule has 2 aliphatic rings. The molecule has 1 aromatic rings. The lowest BCUT2D eigenvalue weighted by molar-refractivity contribution is 0.0520. The minimum Gasteiger partial charge on any atom is -0.461 e. The van der Waals surface area contributed by atoms with Gasteiger partial charge in [0.2, 0.25) is 5.95 Å². The number of nitrogens with zero attached hydrogens (tertiary/aromatic N) is 2. The summed E-state index contributed by atoms with van der Waals surface area (Å²) in [6.45, 7) is 4.69. The first-order chi connectivity index (χ1) is 9.29. The highest BCUT2D eigenvalue weighted by molar-refractivity contribution is 5.87. The molecule has 19 heavy (non-hydrogen) atoms. The lowest BCUT2D eigenvalue weighted by Crippen LogP contribution is -2.28. The van der Waals surface area contributed by atoms with Crippen LogP contribution >= 0.6 is 0 Å². The van der Waals surface area contributed by atoms with Crippen LogP contribution in [0.3, 0.4) is 0 Å². The standard InChI is InChI=1S/C13H19N3O3/c1-2-19-12(17)10-7-16-11(9-4-6-18-8-9)3-5-14-13(16)15-10/h7,9,11H,2-6,8H2,1H3,(H,14,15). The summed E-state index contributed by atoms with van der Waals surface area (Å²) >= 11 is 0. The zero-order valence-electron chi connectivity index (χ0n) is 11.1. The average molecular weight is 265 g/mol. The van der Waals surface area contributed by atoms with Gasteiger partial charge in [0.25, 0.3) is 0 Å². The fraction of sp³-hybridized carbons (Fsp3) is 0.692. The van der Waals surface area contributed by atoms with Crippen molar-refractivity contribution in [1.82, 2.24) is 9.55 Å². The summed E-state index contributed by atoms with van der Waals surface area (Å²) in [6, 6.07) is 0.370. The molecule has 0 bridgehead atoms. The number of fused-ring (bicyclic) bond motifs is 1. The van der Waals surface area contributed by atoms with Crippen LogP contribution in [-0.2, 0) is 9.47 Å². The molecule has 2 aliphatic heterocycles. The summed E-state index contributed by atoms with van der Waals surface area (Å²) < 4.78 is 12.6. The maximum Gasteiger partial charge on any atom is 0.358 e. The van der Waals surface area contributed by atoms with Crippen LogP contribution in [-0.4, -0.2) is 41.9 Å². The Hall–Kier alpha value is -1.56. The molecule has 0 saturated carbocycles. The highest BCUT2D eigenvalue weighted by Crippen LogP contribution is 2.34. The summed E-state index contributed by atoms with van der Waals surface area (Å²) in [7, 11) is 0. The van der Waals surface area contributed by atoms with E-state index in [1.54, 1.807) is 6.92 Å². The molecule has 1 N–H and O–H groups in total. The number of hydrogen-bond donors (Lipinski definition) is 1. The number of carbonyl (C=O) groups is 1. The van der Waals surface area contributed by atoms with Crippen molar-refractivity contribution in [2.24, 2.45) is 5.92 Å². The number of hydrogen-bond acceptors (Lipinski definition) is 5. The lowest BCUT2D eigenvalue weighted by atomic mass is 9.95. The molecule has 6 nitrogen and oxygen atoms in total. The Labute approximate surface area is 112 Å². The van der Waals surface area contributed by atoms with Gasteiger partial charge in [0, 0.05) is 31.3 Å². The van der Waals surface area contributed by atoms with Crippen LogP contribution in [0.4, 0.5) is 5.95 Å². The number of anilines is 1. The third-order valence-corrected chi connectivity index (χ3v) is 3.81. The van der Waals surface area contributed by atoms with E-state index in [1.807, 2.05) is 6.20 Å². The molecule has 0 aliphatic carbocycles. The molecular weight excluding hydrogens is 246 g/mol. The summed E-state index contributed by atoms with van der Waals surface area (Å²) in [6.07, 6.45) is 3.93. The van der Waals surface area contributed by atoms with E-state index in [1.165, 1.54) is 0 Å². The van der Waals surface area contributed by atoms with Gasteiger partial charge in [-0.3, -0.25) is 0 Å². The number of nitrogens with one attached hydrogen (secondary N) is 1. The van der Waals surface area contributed by atoms with Crippen LogP contribution < -0.4 is 5.32 Å². The number of esters is 1. The van der Waals surface area contributed by atoms with Crippen LogP contribution in [0.2, 0.25) is 0 Å². The number of carbonyl (C=O) groups excluding carboxylic acids is 1. The van der Waals surface area contributed by atoms with Crippen LogP contribution in [0.1, 0.15) is 36.3 Å². The number of aromatic nitrogens is 2. The number of rotatable bonds is 3. The molecule has 3 heterocycles. The van der Waals surface area contributed by atoms with Crippen LogP contribution in [0.25, 0.3) is 0 Å². The Balaban J connectivity index is 1.85. The SMILES string of the molecule is CCOC(=O)c1cn2c(n1)NCCC2C1CCOC1. The number of imidazole rings is 1. The largest absolute Gasteiger partial charge is 0.461 e. The van der Waals surface area contributed by atoms with Gasteiger partial charge < -0.3 is 19.4 Å². The van der Waals surface area contributed by atoms with E-state index in [4.69, 9.17) is 9.47 Å². The van der Waals surface area contributed by atoms with E-state index in [0.29, 0.717) is 24.3 Å². The minimum atomic E-state index is -0.354. The van der Waals surface area contributed by atoms with Gasteiger partial charge in [-0.15, -0.1) is 0 Å². The van der Waals surface area contributed by atoms with E-state index >= 15 is 0 Å². The molecule has 1 saturated heterocycles. The van der Waals surface area contributed by atoms with E-state index in [-0.39, 0.29) is 5.97 Å². The van der Waals surface area contributed by atoms with E-state index < -0.39 is 0 Å². The second-order valence-electron chi connectivity index (χ2n) is 4.98. The fourth-order valence-corrected chi connectivity index (χ4v) is 2.87. The Morgan fingerprint density at radius 2 is 2.53 bits per heavy atom. The first kappa shape index (κ1) is 12.5. The zero-order chi connectivity index (χ0) is 13.2. The van der Waals surface area contributed by atoms with Crippen LogP contribution in [0.15, 0.2) is 6.20 Å². The summed E-state index contributed by atoms with van der Waals surface area (Å²) in [4.78, 5) is 16.1. The monoisotopic (exact) mass is 265 g/mol. The fourth-order valence-electron chi connectivity index (χ4n) is 2.87. The first-order valence-electron chi connectivity index (χ1n) is 6.87. The molecule has 2 unspecified atom stereocenters. The minimum absolute atomic E-state index is 0.354. The smallest absolute Gasteiger partial charge is 0.358 e. The third kappa shape index (κ3) is 2.32. The predicted octanol–water partition coefficient (Wildman–Crippen LogP) is 1.45. The molecular formula is C13H19N3O3. The van der Waals surface area contributed by atoms with Gasteiger partial charge in [0.15, 0.2) is 5.69 Å². The van der Waals surface area contributed by atoms with Gasteiger partial charge in [0.05, 0.1) is 13.2 Å². The molecule has 6 heteroatoms. The summed E-state index contributed by atoms with van der Waals surface area (Å²) in [5.41, 5.74) is 0.384. The van der Waals surface area contributed by atoms with E-state index in [9.17, 15) is 4.79 Å². The van der Waals surface area contributed by atoms with Crippen molar-refractivity contribution in [3.63, 3.8) is 0 Å². The van der Waals surface area contributed by atoms with E-state index in [2.05, 4.69) is 14.9 Å². The van der Waals surface area contributed by atoms with Crippen molar-refractivity contribution in [2.75, 3.05) is 31.7 Å². The second-order valence-corrected chi connectivity index (χ2v) is 4.98. The van der Waals surface area contributed by atoms with Crippen molar-refractivity contribution in [3.05, 3.63) is 11.9 Å². The average Bonchev–Trinajstić information content (AvgIpc) is 3.07.